The Labute approximate surface area is 137 Å². The van der Waals surface area contributed by atoms with E-state index in [4.69, 9.17) is 9.31 Å². The van der Waals surface area contributed by atoms with Crippen LogP contribution in [0, 0.1) is 12.7 Å². The lowest BCUT2D eigenvalue weighted by Crippen LogP contribution is -2.41. The number of hydrogen-bond acceptors (Lipinski definition) is 2. The van der Waals surface area contributed by atoms with Crippen LogP contribution >= 0.6 is 0 Å². The SMILES string of the molecule is Cc1c(B2OC(C)(C)C(C)(C)O2)cccc1-c1ccccc1F. The van der Waals surface area contributed by atoms with Crippen LogP contribution < -0.4 is 5.46 Å². The minimum atomic E-state index is -0.438. The number of rotatable bonds is 2. The molecule has 0 N–H and O–H groups in total. The highest BCUT2D eigenvalue weighted by atomic mass is 19.1. The first kappa shape index (κ1) is 16.2. The zero-order valence-corrected chi connectivity index (χ0v) is 14.3. The van der Waals surface area contributed by atoms with Crippen molar-refractivity contribution in [1.29, 1.82) is 0 Å². The highest BCUT2D eigenvalue weighted by Gasteiger charge is 2.52. The van der Waals surface area contributed by atoms with Gasteiger partial charge in [0.2, 0.25) is 0 Å². The summed E-state index contributed by atoms with van der Waals surface area (Å²) < 4.78 is 26.4. The van der Waals surface area contributed by atoms with E-state index in [1.165, 1.54) is 6.07 Å². The van der Waals surface area contributed by atoms with Crippen molar-refractivity contribution in [2.24, 2.45) is 0 Å². The van der Waals surface area contributed by atoms with E-state index in [0.717, 1.165) is 16.6 Å². The lowest BCUT2D eigenvalue weighted by molar-refractivity contribution is 0.00578. The summed E-state index contributed by atoms with van der Waals surface area (Å²) in [6.45, 7) is 10.1. The van der Waals surface area contributed by atoms with E-state index in [9.17, 15) is 4.39 Å². The fourth-order valence-electron chi connectivity index (χ4n) is 2.85. The van der Waals surface area contributed by atoms with Crippen molar-refractivity contribution in [3.63, 3.8) is 0 Å². The van der Waals surface area contributed by atoms with Crippen LogP contribution in [0.15, 0.2) is 42.5 Å². The first-order valence-electron chi connectivity index (χ1n) is 7.93. The molecule has 23 heavy (non-hydrogen) atoms. The van der Waals surface area contributed by atoms with Gasteiger partial charge >= 0.3 is 7.12 Å². The molecule has 0 atom stereocenters. The molecule has 0 saturated carbocycles. The summed E-state index contributed by atoms with van der Waals surface area (Å²) in [7, 11) is -0.438. The normalized spacial score (nSPS) is 19.1. The molecule has 2 aromatic rings. The maximum Gasteiger partial charge on any atom is 0.495 e. The van der Waals surface area contributed by atoms with Crippen LogP contribution in [0.3, 0.4) is 0 Å². The summed E-state index contributed by atoms with van der Waals surface area (Å²) in [4.78, 5) is 0. The molecule has 1 saturated heterocycles. The van der Waals surface area contributed by atoms with Gasteiger partial charge in [-0.3, -0.25) is 0 Å². The highest BCUT2D eigenvalue weighted by Crippen LogP contribution is 2.37. The van der Waals surface area contributed by atoms with Crippen LogP contribution in [0.2, 0.25) is 0 Å². The zero-order chi connectivity index (χ0) is 16.8. The molecule has 1 heterocycles. The molecule has 0 bridgehead atoms. The Balaban J connectivity index is 2.04. The number of halogens is 1. The predicted octanol–water partition coefficient (Wildman–Crippen LogP) is 4.10. The van der Waals surface area contributed by atoms with Crippen LogP contribution in [-0.2, 0) is 9.31 Å². The van der Waals surface area contributed by atoms with E-state index in [0.29, 0.717) is 5.56 Å². The summed E-state index contributed by atoms with van der Waals surface area (Å²) in [6.07, 6.45) is 0. The van der Waals surface area contributed by atoms with Crippen LogP contribution in [0.1, 0.15) is 33.3 Å². The van der Waals surface area contributed by atoms with Gasteiger partial charge in [-0.15, -0.1) is 0 Å². The lowest BCUT2D eigenvalue weighted by Gasteiger charge is -2.32. The van der Waals surface area contributed by atoms with Gasteiger partial charge in [0, 0.05) is 5.56 Å². The Morgan fingerprint density at radius 3 is 2.00 bits per heavy atom. The molecule has 1 fully saturated rings. The molecule has 0 unspecified atom stereocenters. The molecule has 0 spiro atoms. The van der Waals surface area contributed by atoms with E-state index in [1.54, 1.807) is 12.1 Å². The summed E-state index contributed by atoms with van der Waals surface area (Å²) >= 11 is 0. The molecular formula is C19H22BFO2. The third-order valence-electron chi connectivity index (χ3n) is 5.05. The van der Waals surface area contributed by atoms with Crippen LogP contribution in [-0.4, -0.2) is 18.3 Å². The largest absolute Gasteiger partial charge is 0.495 e. The minimum absolute atomic E-state index is 0.221. The Hall–Kier alpha value is -1.65. The second-order valence-corrected chi connectivity index (χ2v) is 7.09. The number of benzene rings is 2. The molecule has 1 aliphatic heterocycles. The smallest absolute Gasteiger partial charge is 0.399 e. The molecule has 120 valence electrons. The lowest BCUT2D eigenvalue weighted by atomic mass is 9.74. The van der Waals surface area contributed by atoms with E-state index in [2.05, 4.69) is 0 Å². The molecular weight excluding hydrogens is 290 g/mol. The van der Waals surface area contributed by atoms with E-state index in [-0.39, 0.29) is 5.82 Å². The van der Waals surface area contributed by atoms with Gasteiger partial charge in [0.05, 0.1) is 11.2 Å². The molecule has 3 rings (SSSR count). The maximum atomic E-state index is 14.1. The van der Waals surface area contributed by atoms with Crippen molar-refractivity contribution >= 4 is 12.6 Å². The molecule has 2 nitrogen and oxygen atoms in total. The van der Waals surface area contributed by atoms with Gasteiger partial charge in [0.25, 0.3) is 0 Å². The second kappa shape index (κ2) is 5.46. The van der Waals surface area contributed by atoms with Crippen LogP contribution in [0.4, 0.5) is 4.39 Å². The van der Waals surface area contributed by atoms with Gasteiger partial charge in [-0.2, -0.15) is 0 Å². The number of hydrogen-bond donors (Lipinski definition) is 0. The van der Waals surface area contributed by atoms with Crippen LogP contribution in [0.5, 0.6) is 0 Å². The summed E-state index contributed by atoms with van der Waals surface area (Å²) in [6, 6.07) is 12.7. The van der Waals surface area contributed by atoms with Crippen molar-refractivity contribution in [2.75, 3.05) is 0 Å². The fraction of sp³-hybridized carbons (Fsp3) is 0.368. The first-order valence-corrected chi connectivity index (χ1v) is 7.93. The summed E-state index contributed by atoms with van der Waals surface area (Å²) in [5, 5.41) is 0. The van der Waals surface area contributed by atoms with E-state index < -0.39 is 18.3 Å². The summed E-state index contributed by atoms with van der Waals surface area (Å²) in [5.74, 6) is -0.221. The molecule has 0 aromatic heterocycles. The molecule has 0 radical (unpaired) electrons. The predicted molar refractivity (Wildman–Crippen MR) is 92.3 cm³/mol. The Morgan fingerprint density at radius 1 is 0.826 bits per heavy atom. The average molecular weight is 312 g/mol. The standard InChI is InChI=1S/C19H22BFO2/c1-13-14(15-9-6-7-12-17(15)21)10-8-11-16(13)20-22-18(2,3)19(4,5)23-20/h6-12H,1-5H3. The summed E-state index contributed by atoms with van der Waals surface area (Å²) in [5.41, 5.74) is 2.62. The van der Waals surface area contributed by atoms with Gasteiger partial charge in [0.1, 0.15) is 5.82 Å². The second-order valence-electron chi connectivity index (χ2n) is 7.09. The third kappa shape index (κ3) is 2.70. The van der Waals surface area contributed by atoms with Crippen molar-refractivity contribution in [3.8, 4) is 11.1 Å². The Bertz CT molecular complexity index is 724. The van der Waals surface area contributed by atoms with Gasteiger partial charge in [-0.25, -0.2) is 4.39 Å². The van der Waals surface area contributed by atoms with Crippen molar-refractivity contribution < 1.29 is 13.7 Å². The van der Waals surface area contributed by atoms with Crippen LogP contribution in [0.25, 0.3) is 11.1 Å². The molecule has 1 aliphatic rings. The van der Waals surface area contributed by atoms with Gasteiger partial charge in [0.15, 0.2) is 0 Å². The van der Waals surface area contributed by atoms with Crippen molar-refractivity contribution in [3.05, 3.63) is 53.8 Å². The minimum Gasteiger partial charge on any atom is -0.399 e. The van der Waals surface area contributed by atoms with E-state index >= 15 is 0 Å². The van der Waals surface area contributed by atoms with Gasteiger partial charge in [-0.1, -0.05) is 36.4 Å². The zero-order valence-electron chi connectivity index (χ0n) is 14.3. The molecule has 0 aliphatic carbocycles. The fourth-order valence-corrected chi connectivity index (χ4v) is 2.85. The first-order chi connectivity index (χ1) is 10.7. The topological polar surface area (TPSA) is 18.5 Å². The van der Waals surface area contributed by atoms with Gasteiger partial charge < -0.3 is 9.31 Å². The Kier molecular flexibility index (Phi) is 3.85. The Morgan fingerprint density at radius 2 is 1.39 bits per heavy atom. The quantitative estimate of drug-likeness (QED) is 0.777. The molecule has 4 heteroatoms. The molecule has 2 aromatic carbocycles. The third-order valence-corrected chi connectivity index (χ3v) is 5.05. The monoisotopic (exact) mass is 312 g/mol. The average Bonchev–Trinajstić information content (AvgIpc) is 2.68. The highest BCUT2D eigenvalue weighted by molar-refractivity contribution is 6.62. The van der Waals surface area contributed by atoms with E-state index in [1.807, 2.05) is 58.9 Å². The van der Waals surface area contributed by atoms with Gasteiger partial charge in [-0.05, 0) is 57.3 Å². The van der Waals surface area contributed by atoms with Crippen molar-refractivity contribution in [2.45, 2.75) is 45.8 Å². The van der Waals surface area contributed by atoms with Crippen molar-refractivity contribution in [1.82, 2.24) is 0 Å². The maximum absolute atomic E-state index is 14.1. The molecule has 0 amide bonds.